The summed E-state index contributed by atoms with van der Waals surface area (Å²) in [6, 6.07) is 4.17. The van der Waals surface area contributed by atoms with E-state index < -0.39 is 23.8 Å². The summed E-state index contributed by atoms with van der Waals surface area (Å²) in [6.45, 7) is 5.90. The summed E-state index contributed by atoms with van der Waals surface area (Å²) in [5.41, 5.74) is 1.54. The summed E-state index contributed by atoms with van der Waals surface area (Å²) in [5.74, 6) is -2.15. The van der Waals surface area contributed by atoms with Gasteiger partial charge in [0.1, 0.15) is 6.04 Å². The van der Waals surface area contributed by atoms with E-state index in [2.05, 4.69) is 5.32 Å². The first-order chi connectivity index (χ1) is 13.2. The first-order valence-corrected chi connectivity index (χ1v) is 9.47. The molecule has 1 aromatic carbocycles. The third-order valence-corrected chi connectivity index (χ3v) is 5.56. The quantitative estimate of drug-likeness (QED) is 0.677. The molecule has 0 bridgehead atoms. The van der Waals surface area contributed by atoms with Crippen LogP contribution in [0.15, 0.2) is 18.2 Å². The number of aliphatic carboxylic acids is 1. The Morgan fingerprint density at radius 1 is 1.25 bits per heavy atom. The molecule has 150 valence electrons. The van der Waals surface area contributed by atoms with Gasteiger partial charge in [0, 0.05) is 12.1 Å². The van der Waals surface area contributed by atoms with E-state index in [1.54, 1.807) is 25.1 Å². The molecule has 3 amide bonds. The van der Waals surface area contributed by atoms with Crippen molar-refractivity contribution in [2.75, 3.05) is 13.1 Å². The van der Waals surface area contributed by atoms with Crippen LogP contribution in [0.5, 0.6) is 0 Å². The smallest absolute Gasteiger partial charge is 0.317 e. The molecule has 28 heavy (non-hydrogen) atoms. The van der Waals surface area contributed by atoms with Gasteiger partial charge in [-0.2, -0.15) is 0 Å². The van der Waals surface area contributed by atoms with Crippen LogP contribution in [0.2, 0.25) is 0 Å². The number of nitrogens with one attached hydrogen (secondary N) is 1. The topological polar surface area (TPSA) is 107 Å². The zero-order valence-electron chi connectivity index (χ0n) is 16.3. The maximum atomic E-state index is 12.6. The Balaban J connectivity index is 1.58. The van der Waals surface area contributed by atoms with Gasteiger partial charge in [-0.05, 0) is 45.4 Å². The van der Waals surface area contributed by atoms with Gasteiger partial charge in [-0.3, -0.25) is 29.0 Å². The lowest BCUT2D eigenvalue weighted by Crippen LogP contribution is -2.58. The number of hydrogen-bond acceptors (Lipinski definition) is 5. The molecule has 1 saturated carbocycles. The number of hydrogen-bond donors (Lipinski definition) is 2. The number of likely N-dealkylation sites (N-methyl/N-ethyl adjacent to an activating group) is 1. The summed E-state index contributed by atoms with van der Waals surface area (Å²) in [4.78, 5) is 51.6. The van der Waals surface area contributed by atoms with Crippen LogP contribution in [0.3, 0.4) is 0 Å². The number of rotatable bonds is 7. The molecule has 3 rings (SSSR count). The normalized spacial score (nSPS) is 22.1. The lowest BCUT2D eigenvalue weighted by Gasteiger charge is -2.42. The molecule has 1 fully saturated rings. The average molecular weight is 387 g/mol. The minimum atomic E-state index is -0.909. The summed E-state index contributed by atoms with van der Waals surface area (Å²) in [7, 11) is 0. The lowest BCUT2D eigenvalue weighted by molar-refractivity contribution is -0.140. The van der Waals surface area contributed by atoms with Crippen LogP contribution in [0.25, 0.3) is 0 Å². The van der Waals surface area contributed by atoms with Crippen molar-refractivity contribution in [3.05, 3.63) is 34.9 Å². The van der Waals surface area contributed by atoms with Gasteiger partial charge in [-0.25, -0.2) is 0 Å². The van der Waals surface area contributed by atoms with Crippen molar-refractivity contribution >= 4 is 23.7 Å². The molecular weight excluding hydrogens is 362 g/mol. The monoisotopic (exact) mass is 387 g/mol. The zero-order valence-corrected chi connectivity index (χ0v) is 16.3. The van der Waals surface area contributed by atoms with E-state index in [1.165, 1.54) is 0 Å². The fourth-order valence-electron chi connectivity index (χ4n) is 3.84. The number of carbonyl (C=O) groups excluding carboxylic acids is 3. The Bertz CT molecular complexity index is 831. The third-order valence-electron chi connectivity index (χ3n) is 5.56. The molecule has 1 aliphatic carbocycles. The van der Waals surface area contributed by atoms with Crippen LogP contribution >= 0.6 is 0 Å². The second-order valence-corrected chi connectivity index (χ2v) is 7.49. The van der Waals surface area contributed by atoms with E-state index in [1.807, 2.05) is 18.7 Å². The second kappa shape index (κ2) is 7.71. The summed E-state index contributed by atoms with van der Waals surface area (Å²) in [5, 5.41) is 11.8. The van der Waals surface area contributed by atoms with E-state index in [4.69, 9.17) is 5.11 Å². The Morgan fingerprint density at radius 3 is 2.50 bits per heavy atom. The van der Waals surface area contributed by atoms with Crippen LogP contribution in [0.1, 0.15) is 53.0 Å². The molecule has 1 aliphatic heterocycles. The number of carbonyl (C=O) groups is 4. The first kappa shape index (κ1) is 20.0. The van der Waals surface area contributed by atoms with Crippen molar-refractivity contribution in [3.63, 3.8) is 0 Å². The second-order valence-electron chi connectivity index (χ2n) is 7.49. The maximum Gasteiger partial charge on any atom is 0.317 e. The summed E-state index contributed by atoms with van der Waals surface area (Å²) in [6.07, 6.45) is 1.31. The predicted molar refractivity (Wildman–Crippen MR) is 101 cm³/mol. The Kier molecular flexibility index (Phi) is 5.51. The highest BCUT2D eigenvalue weighted by atomic mass is 16.4. The molecule has 1 unspecified atom stereocenters. The summed E-state index contributed by atoms with van der Waals surface area (Å²) < 4.78 is 0. The van der Waals surface area contributed by atoms with Crippen molar-refractivity contribution in [1.82, 2.24) is 15.1 Å². The van der Waals surface area contributed by atoms with Crippen molar-refractivity contribution in [3.8, 4) is 0 Å². The number of aryl methyl sites for hydroxylation is 1. The van der Waals surface area contributed by atoms with Crippen molar-refractivity contribution in [2.24, 2.45) is 0 Å². The first-order valence-electron chi connectivity index (χ1n) is 9.47. The fourth-order valence-corrected chi connectivity index (χ4v) is 3.84. The molecule has 0 spiro atoms. The van der Waals surface area contributed by atoms with Gasteiger partial charge in [-0.15, -0.1) is 0 Å². The van der Waals surface area contributed by atoms with Crippen LogP contribution in [0.4, 0.5) is 0 Å². The molecule has 1 heterocycles. The molecule has 2 N–H and O–H groups in total. The number of imide groups is 1. The van der Waals surface area contributed by atoms with Gasteiger partial charge in [0.15, 0.2) is 0 Å². The Hall–Kier alpha value is -2.74. The number of carboxylic acid groups (broad SMARTS) is 1. The largest absolute Gasteiger partial charge is 0.480 e. The molecule has 1 aromatic rings. The number of carboxylic acids is 1. The highest BCUT2D eigenvalue weighted by Crippen LogP contribution is 2.28. The van der Waals surface area contributed by atoms with E-state index in [-0.39, 0.29) is 24.5 Å². The molecule has 0 radical (unpaired) electrons. The molecular formula is C20H25N3O5. The van der Waals surface area contributed by atoms with Gasteiger partial charge in [-0.1, -0.05) is 18.6 Å². The van der Waals surface area contributed by atoms with Crippen LogP contribution in [0, 0.1) is 6.92 Å². The summed E-state index contributed by atoms with van der Waals surface area (Å²) >= 11 is 0. The molecule has 1 atom stereocenters. The number of amides is 3. The molecule has 2 aliphatic rings. The minimum absolute atomic E-state index is 0.0211. The SMILES string of the molecule is CCN(CC(=O)O)C1CC(NC(=O)C(C)N2C(=O)c3ccc(C)cc3C2=O)C1. The van der Waals surface area contributed by atoms with E-state index in [0.717, 1.165) is 10.5 Å². The van der Waals surface area contributed by atoms with Gasteiger partial charge in [0.05, 0.1) is 17.7 Å². The lowest BCUT2D eigenvalue weighted by atomic mass is 9.85. The van der Waals surface area contributed by atoms with Crippen LogP contribution in [-0.2, 0) is 9.59 Å². The molecule has 8 nitrogen and oxygen atoms in total. The zero-order chi connectivity index (χ0) is 20.6. The van der Waals surface area contributed by atoms with Crippen molar-refractivity contribution < 1.29 is 24.3 Å². The van der Waals surface area contributed by atoms with Crippen LogP contribution < -0.4 is 5.32 Å². The third kappa shape index (κ3) is 3.64. The predicted octanol–water partition coefficient (Wildman–Crippen LogP) is 1.03. The Labute approximate surface area is 163 Å². The number of fused-ring (bicyclic) bond motifs is 1. The number of nitrogens with zero attached hydrogens (tertiary/aromatic N) is 2. The van der Waals surface area contributed by atoms with Gasteiger partial charge in [0.25, 0.3) is 11.8 Å². The van der Waals surface area contributed by atoms with E-state index in [9.17, 15) is 19.2 Å². The highest BCUT2D eigenvalue weighted by Gasteiger charge is 2.42. The standard InChI is InChI=1S/C20H25N3O5/c1-4-22(10-17(24)25)14-8-13(9-14)21-18(26)12(3)23-19(27)15-6-5-11(2)7-16(15)20(23)28/h5-7,12-14H,4,8-10H2,1-3H3,(H,21,26)(H,24,25). The van der Waals surface area contributed by atoms with Crippen LogP contribution in [-0.4, -0.2) is 69.8 Å². The molecule has 0 saturated heterocycles. The van der Waals surface area contributed by atoms with E-state index >= 15 is 0 Å². The Morgan fingerprint density at radius 2 is 1.89 bits per heavy atom. The van der Waals surface area contributed by atoms with E-state index in [0.29, 0.717) is 30.5 Å². The number of benzene rings is 1. The van der Waals surface area contributed by atoms with Gasteiger partial charge in [0.2, 0.25) is 5.91 Å². The van der Waals surface area contributed by atoms with Crippen molar-refractivity contribution in [1.29, 1.82) is 0 Å². The molecule has 8 heteroatoms. The average Bonchev–Trinajstić information content (AvgIpc) is 2.85. The van der Waals surface area contributed by atoms with Gasteiger partial charge >= 0.3 is 5.97 Å². The van der Waals surface area contributed by atoms with Gasteiger partial charge < -0.3 is 10.4 Å². The fraction of sp³-hybridized carbons (Fsp3) is 0.500. The highest BCUT2D eigenvalue weighted by molar-refractivity contribution is 6.22. The maximum absolute atomic E-state index is 12.6. The minimum Gasteiger partial charge on any atom is -0.480 e. The van der Waals surface area contributed by atoms with Crippen molar-refractivity contribution in [2.45, 2.75) is 51.7 Å². The molecule has 0 aromatic heterocycles.